The minimum atomic E-state index is -0.294. The van der Waals surface area contributed by atoms with Crippen LogP contribution in [-0.4, -0.2) is 22.3 Å². The first-order chi connectivity index (χ1) is 9.63. The number of pyridine rings is 1. The van der Waals surface area contributed by atoms with E-state index in [9.17, 15) is 9.59 Å². The third kappa shape index (κ3) is 2.88. The number of aromatic amines is 1. The molecule has 0 radical (unpaired) electrons. The lowest BCUT2D eigenvalue weighted by atomic mass is 10.1. The molecule has 5 nitrogen and oxygen atoms in total. The quantitative estimate of drug-likeness (QED) is 0.829. The number of hydrogen-bond donors (Lipinski definition) is 2. The molecule has 0 fully saturated rings. The first-order valence-electron chi connectivity index (χ1n) is 6.43. The summed E-state index contributed by atoms with van der Waals surface area (Å²) in [6.45, 7) is 2.76. The summed E-state index contributed by atoms with van der Waals surface area (Å²) in [5.74, 6) is -0.294. The summed E-state index contributed by atoms with van der Waals surface area (Å²) in [5, 5.41) is 0. The van der Waals surface area contributed by atoms with Crippen LogP contribution in [0.25, 0.3) is 0 Å². The number of para-hydroxylation sites is 1. The van der Waals surface area contributed by atoms with Gasteiger partial charge in [0.2, 0.25) is 0 Å². The fourth-order valence-corrected chi connectivity index (χ4v) is 1.96. The summed E-state index contributed by atoms with van der Waals surface area (Å²) in [6, 6.07) is 8.74. The van der Waals surface area contributed by atoms with Gasteiger partial charge in [0.05, 0.1) is 0 Å². The van der Waals surface area contributed by atoms with Gasteiger partial charge in [0.25, 0.3) is 5.91 Å². The summed E-state index contributed by atoms with van der Waals surface area (Å²) < 4.78 is 0. The van der Waals surface area contributed by atoms with Crippen LogP contribution in [0.2, 0.25) is 0 Å². The Kier molecular flexibility index (Phi) is 4.20. The van der Waals surface area contributed by atoms with Crippen LogP contribution in [0, 0.1) is 0 Å². The Morgan fingerprint density at radius 1 is 1.30 bits per heavy atom. The van der Waals surface area contributed by atoms with Gasteiger partial charge >= 0.3 is 0 Å². The lowest BCUT2D eigenvalue weighted by Gasteiger charge is -2.21. The molecule has 0 unspecified atom stereocenters. The van der Waals surface area contributed by atoms with E-state index in [1.165, 1.54) is 18.5 Å². The van der Waals surface area contributed by atoms with Crippen molar-refractivity contribution in [3.63, 3.8) is 0 Å². The van der Waals surface area contributed by atoms with Crippen molar-refractivity contribution in [1.82, 2.24) is 9.88 Å². The average Bonchev–Trinajstić information content (AvgIpc) is 2.46. The maximum Gasteiger partial charge on any atom is 0.259 e. The summed E-state index contributed by atoms with van der Waals surface area (Å²) in [7, 11) is 0. The van der Waals surface area contributed by atoms with Gasteiger partial charge in [0.1, 0.15) is 5.56 Å². The molecular weight excluding hydrogens is 254 g/mol. The van der Waals surface area contributed by atoms with Crippen molar-refractivity contribution in [1.29, 1.82) is 0 Å². The Balaban J connectivity index is 2.25. The van der Waals surface area contributed by atoms with Crippen LogP contribution in [-0.2, 0) is 6.54 Å². The van der Waals surface area contributed by atoms with Gasteiger partial charge in [-0.1, -0.05) is 18.2 Å². The molecule has 2 aromatic rings. The molecule has 20 heavy (non-hydrogen) atoms. The van der Waals surface area contributed by atoms with Gasteiger partial charge in [0, 0.05) is 37.2 Å². The van der Waals surface area contributed by atoms with E-state index < -0.39 is 0 Å². The molecule has 1 heterocycles. The maximum atomic E-state index is 12.4. The lowest BCUT2D eigenvalue weighted by Crippen LogP contribution is -2.33. The zero-order valence-electron chi connectivity index (χ0n) is 11.3. The number of carbonyl (C=O) groups is 1. The van der Waals surface area contributed by atoms with Gasteiger partial charge < -0.3 is 15.6 Å². The highest BCUT2D eigenvalue weighted by molar-refractivity contribution is 5.93. The Hall–Kier alpha value is -2.56. The number of amides is 1. The Morgan fingerprint density at radius 2 is 2.05 bits per heavy atom. The molecule has 0 atom stereocenters. The summed E-state index contributed by atoms with van der Waals surface area (Å²) in [5.41, 5.74) is 7.25. The minimum absolute atomic E-state index is 0.142. The third-order valence-corrected chi connectivity index (χ3v) is 3.14. The molecular formula is C15H17N3O2. The number of aromatic nitrogens is 1. The van der Waals surface area contributed by atoms with Crippen LogP contribution in [0.3, 0.4) is 0 Å². The van der Waals surface area contributed by atoms with E-state index in [4.69, 9.17) is 5.73 Å². The standard InChI is InChI=1S/C15H17N3O2/c1-2-18(10-11-5-3-4-6-13(11)16)15(20)12-9-17-8-7-14(12)19/h3-9H,2,10,16H2,1H3,(H,17,19). The van der Waals surface area contributed by atoms with Crippen LogP contribution < -0.4 is 11.2 Å². The van der Waals surface area contributed by atoms with Crippen LogP contribution in [0.5, 0.6) is 0 Å². The van der Waals surface area contributed by atoms with Gasteiger partial charge in [-0.25, -0.2) is 0 Å². The molecule has 104 valence electrons. The molecule has 1 aromatic carbocycles. The van der Waals surface area contributed by atoms with Crippen LogP contribution in [0.1, 0.15) is 22.8 Å². The van der Waals surface area contributed by atoms with Crippen molar-refractivity contribution >= 4 is 11.6 Å². The minimum Gasteiger partial charge on any atom is -0.398 e. The van der Waals surface area contributed by atoms with Gasteiger partial charge in [-0.2, -0.15) is 0 Å². The number of nitrogens with one attached hydrogen (secondary N) is 1. The van der Waals surface area contributed by atoms with E-state index in [2.05, 4.69) is 4.98 Å². The second-order valence-corrected chi connectivity index (χ2v) is 4.44. The Bertz CT molecular complexity index is 664. The van der Waals surface area contributed by atoms with Crippen molar-refractivity contribution in [2.75, 3.05) is 12.3 Å². The van der Waals surface area contributed by atoms with Crippen LogP contribution >= 0.6 is 0 Å². The zero-order valence-corrected chi connectivity index (χ0v) is 11.3. The van der Waals surface area contributed by atoms with E-state index in [0.717, 1.165) is 5.56 Å². The first-order valence-corrected chi connectivity index (χ1v) is 6.43. The highest BCUT2D eigenvalue weighted by atomic mass is 16.2. The highest BCUT2D eigenvalue weighted by Crippen LogP contribution is 2.14. The van der Waals surface area contributed by atoms with Crippen LogP contribution in [0.4, 0.5) is 5.69 Å². The molecule has 0 aliphatic rings. The second kappa shape index (κ2) is 6.06. The summed E-state index contributed by atoms with van der Waals surface area (Å²) >= 11 is 0. The largest absolute Gasteiger partial charge is 0.398 e. The van der Waals surface area contributed by atoms with Gasteiger partial charge in [-0.05, 0) is 18.6 Å². The van der Waals surface area contributed by atoms with Gasteiger partial charge in [-0.15, -0.1) is 0 Å². The van der Waals surface area contributed by atoms with Crippen molar-refractivity contribution < 1.29 is 4.79 Å². The molecule has 0 aliphatic carbocycles. The fraction of sp³-hybridized carbons (Fsp3) is 0.200. The zero-order chi connectivity index (χ0) is 14.5. The van der Waals surface area contributed by atoms with Gasteiger partial charge in [-0.3, -0.25) is 9.59 Å². The van der Waals surface area contributed by atoms with E-state index in [-0.39, 0.29) is 16.9 Å². The molecule has 3 N–H and O–H groups in total. The fourth-order valence-electron chi connectivity index (χ4n) is 1.96. The summed E-state index contributed by atoms with van der Waals surface area (Å²) in [4.78, 5) is 28.4. The molecule has 2 rings (SSSR count). The molecule has 5 heteroatoms. The number of hydrogen-bond acceptors (Lipinski definition) is 3. The Labute approximate surface area is 117 Å². The average molecular weight is 271 g/mol. The predicted molar refractivity (Wildman–Crippen MR) is 78.3 cm³/mol. The van der Waals surface area contributed by atoms with Crippen molar-refractivity contribution in [3.05, 3.63) is 64.1 Å². The number of nitrogens with two attached hydrogens (primary N) is 1. The Morgan fingerprint density at radius 3 is 2.70 bits per heavy atom. The number of anilines is 1. The van der Waals surface area contributed by atoms with Crippen molar-refractivity contribution in [3.8, 4) is 0 Å². The highest BCUT2D eigenvalue weighted by Gasteiger charge is 2.17. The molecule has 1 aromatic heterocycles. The van der Waals surface area contributed by atoms with E-state index >= 15 is 0 Å². The third-order valence-electron chi connectivity index (χ3n) is 3.14. The predicted octanol–water partition coefficient (Wildman–Crippen LogP) is 1.62. The normalized spacial score (nSPS) is 10.2. The maximum absolute atomic E-state index is 12.4. The SMILES string of the molecule is CCN(Cc1ccccc1N)C(=O)c1c[nH]ccc1=O. The van der Waals surface area contributed by atoms with E-state index in [0.29, 0.717) is 18.8 Å². The first kappa shape index (κ1) is 13.9. The number of rotatable bonds is 4. The monoisotopic (exact) mass is 271 g/mol. The molecule has 0 saturated carbocycles. The lowest BCUT2D eigenvalue weighted by molar-refractivity contribution is 0.0751. The van der Waals surface area contributed by atoms with E-state index in [1.807, 2.05) is 25.1 Å². The van der Waals surface area contributed by atoms with Crippen molar-refractivity contribution in [2.24, 2.45) is 0 Å². The smallest absolute Gasteiger partial charge is 0.259 e. The number of carbonyl (C=O) groups excluding carboxylic acids is 1. The molecule has 0 saturated heterocycles. The van der Waals surface area contributed by atoms with Crippen molar-refractivity contribution in [2.45, 2.75) is 13.5 Å². The second-order valence-electron chi connectivity index (χ2n) is 4.44. The topological polar surface area (TPSA) is 79.2 Å². The number of nitrogen functional groups attached to an aromatic ring is 1. The van der Waals surface area contributed by atoms with Gasteiger partial charge in [0.15, 0.2) is 5.43 Å². The number of H-pyrrole nitrogens is 1. The summed E-state index contributed by atoms with van der Waals surface area (Å²) in [6.07, 6.45) is 2.94. The van der Waals surface area contributed by atoms with Crippen LogP contribution in [0.15, 0.2) is 47.5 Å². The molecule has 0 bridgehead atoms. The number of benzene rings is 1. The molecule has 0 aliphatic heterocycles. The number of nitrogens with zero attached hydrogens (tertiary/aromatic N) is 1. The molecule has 0 spiro atoms. The molecule has 1 amide bonds. The van der Waals surface area contributed by atoms with E-state index in [1.54, 1.807) is 11.0 Å².